The van der Waals surface area contributed by atoms with Crippen LogP contribution in [0.4, 0.5) is 0 Å². The summed E-state index contributed by atoms with van der Waals surface area (Å²) in [4.78, 5) is 8.98. The Labute approximate surface area is 251 Å². The van der Waals surface area contributed by atoms with Crippen molar-refractivity contribution in [1.29, 1.82) is 0 Å². The first-order chi connectivity index (χ1) is 20.7. The molecule has 3 N–H and O–H groups in total. The average Bonchev–Trinajstić information content (AvgIpc) is 3.68. The number of aryl methyl sites for hydroxylation is 1. The largest absolute Gasteiger partial charge is 0.392 e. The first-order valence-corrected chi connectivity index (χ1v) is 14.8. The van der Waals surface area contributed by atoms with Gasteiger partial charge in [-0.2, -0.15) is 0 Å². The normalized spacial score (nSPS) is 11.5. The summed E-state index contributed by atoms with van der Waals surface area (Å²) >= 11 is 5.68. The summed E-state index contributed by atoms with van der Waals surface area (Å²) in [7, 11) is 0. The van der Waals surface area contributed by atoms with E-state index in [0.717, 1.165) is 52.1 Å². The molecule has 6 heteroatoms. The van der Waals surface area contributed by atoms with Crippen molar-refractivity contribution in [3.05, 3.63) is 161 Å². The summed E-state index contributed by atoms with van der Waals surface area (Å²) in [5, 5.41) is 14.0. The molecular weight excluding hydrogens is 536 g/mol. The molecule has 2 aromatic heterocycles. The lowest BCUT2D eigenvalue weighted by molar-refractivity contribution is 0.282. The standard InChI is InChI=1S/C36H34N4OS/c41-25-27-18-19-34-33(21-27)28(23-38-34)22-35(42)37-20-10-17-32-24-40(26-39-32)36(29-11-4-1-5-12-29,30-13-6-2-7-14-30)31-15-8-3-9-16-31/h1-9,11-16,18-19,21,23-24,26,38,41H,10,17,20,22,25H2,(H,37,42). The Hall–Kier alpha value is -4.52. The number of aromatic amines is 1. The van der Waals surface area contributed by atoms with Crippen LogP contribution in [0.2, 0.25) is 0 Å². The third kappa shape index (κ3) is 5.51. The molecule has 6 aromatic rings. The van der Waals surface area contributed by atoms with Crippen LogP contribution in [0, 0.1) is 0 Å². The molecule has 5 nitrogen and oxygen atoms in total. The van der Waals surface area contributed by atoms with Crippen molar-refractivity contribution >= 4 is 28.1 Å². The number of nitrogens with one attached hydrogen (secondary N) is 2. The molecule has 0 aliphatic rings. The van der Waals surface area contributed by atoms with Crippen LogP contribution < -0.4 is 5.32 Å². The second-order valence-electron chi connectivity index (χ2n) is 10.6. The number of thiocarbonyl (C=S) groups is 1. The molecule has 0 saturated heterocycles. The van der Waals surface area contributed by atoms with E-state index >= 15 is 0 Å². The maximum atomic E-state index is 9.51. The monoisotopic (exact) mass is 570 g/mol. The summed E-state index contributed by atoms with van der Waals surface area (Å²) in [6, 6.07) is 37.9. The van der Waals surface area contributed by atoms with E-state index in [4.69, 9.17) is 17.2 Å². The Morgan fingerprint density at radius 3 is 2.07 bits per heavy atom. The third-order valence-corrected chi connectivity index (χ3v) is 8.18. The summed E-state index contributed by atoms with van der Waals surface area (Å²) in [6.45, 7) is 0.805. The van der Waals surface area contributed by atoms with Gasteiger partial charge in [-0.15, -0.1) is 0 Å². The number of rotatable bonds is 11. The number of benzene rings is 4. The number of aliphatic hydroxyl groups excluding tert-OH is 1. The average molecular weight is 571 g/mol. The SMILES string of the molecule is OCc1ccc2[nH]cc(CC(=S)NCCCc3cn(C(c4ccccc4)(c4ccccc4)c4ccccc4)cn3)c2c1. The molecule has 0 amide bonds. The summed E-state index contributed by atoms with van der Waals surface area (Å²) in [6.07, 6.45) is 8.57. The van der Waals surface area contributed by atoms with E-state index in [1.165, 1.54) is 16.7 Å². The molecule has 0 atom stereocenters. The second kappa shape index (κ2) is 12.6. The van der Waals surface area contributed by atoms with Gasteiger partial charge in [0.2, 0.25) is 0 Å². The zero-order chi connectivity index (χ0) is 28.8. The van der Waals surface area contributed by atoms with Gasteiger partial charge < -0.3 is 20.0 Å². The minimum Gasteiger partial charge on any atom is -0.392 e. The third-order valence-electron chi connectivity index (χ3n) is 7.90. The highest BCUT2D eigenvalue weighted by molar-refractivity contribution is 7.80. The van der Waals surface area contributed by atoms with Gasteiger partial charge in [0.25, 0.3) is 0 Å². The molecule has 0 saturated carbocycles. The highest BCUT2D eigenvalue weighted by atomic mass is 32.1. The Morgan fingerprint density at radius 2 is 1.48 bits per heavy atom. The molecule has 0 spiro atoms. The zero-order valence-electron chi connectivity index (χ0n) is 23.4. The second-order valence-corrected chi connectivity index (χ2v) is 11.1. The van der Waals surface area contributed by atoms with Gasteiger partial charge in [0.15, 0.2) is 0 Å². The fourth-order valence-electron chi connectivity index (χ4n) is 5.86. The highest BCUT2D eigenvalue weighted by Crippen LogP contribution is 2.40. The molecule has 42 heavy (non-hydrogen) atoms. The van der Waals surface area contributed by atoms with Gasteiger partial charge >= 0.3 is 0 Å². The van der Waals surface area contributed by atoms with Gasteiger partial charge in [0, 0.05) is 36.3 Å². The molecular formula is C36H34N4OS. The topological polar surface area (TPSA) is 65.9 Å². The molecule has 2 heterocycles. The molecule has 0 unspecified atom stereocenters. The Morgan fingerprint density at radius 1 is 0.857 bits per heavy atom. The zero-order valence-corrected chi connectivity index (χ0v) is 24.2. The van der Waals surface area contributed by atoms with Gasteiger partial charge in [-0.25, -0.2) is 4.98 Å². The molecule has 0 aliphatic heterocycles. The molecule has 210 valence electrons. The van der Waals surface area contributed by atoms with E-state index in [-0.39, 0.29) is 6.61 Å². The maximum Gasteiger partial charge on any atom is 0.121 e. The van der Waals surface area contributed by atoms with E-state index < -0.39 is 5.54 Å². The van der Waals surface area contributed by atoms with Crippen molar-refractivity contribution in [3.63, 3.8) is 0 Å². The lowest BCUT2D eigenvalue weighted by atomic mass is 9.77. The minimum atomic E-state index is -0.552. The smallest absolute Gasteiger partial charge is 0.121 e. The van der Waals surface area contributed by atoms with Crippen LogP contribution in [-0.2, 0) is 25.0 Å². The van der Waals surface area contributed by atoms with Crippen molar-refractivity contribution in [2.75, 3.05) is 6.54 Å². The predicted molar refractivity (Wildman–Crippen MR) is 174 cm³/mol. The van der Waals surface area contributed by atoms with Crippen LogP contribution in [-0.4, -0.2) is 31.2 Å². The number of fused-ring (bicyclic) bond motifs is 1. The van der Waals surface area contributed by atoms with Gasteiger partial charge in [0.05, 0.1) is 23.6 Å². The molecule has 4 aromatic carbocycles. The summed E-state index contributed by atoms with van der Waals surface area (Å²) < 4.78 is 2.26. The quantitative estimate of drug-likeness (QED) is 0.0912. The highest BCUT2D eigenvalue weighted by Gasteiger charge is 2.38. The van der Waals surface area contributed by atoms with Crippen molar-refractivity contribution in [2.24, 2.45) is 0 Å². The van der Waals surface area contributed by atoms with Crippen LogP contribution in [0.1, 0.15) is 39.9 Å². The Balaban J connectivity index is 1.18. The number of aromatic nitrogens is 3. The number of imidazole rings is 1. The van der Waals surface area contributed by atoms with E-state index in [0.29, 0.717) is 6.42 Å². The molecule has 6 rings (SSSR count). The van der Waals surface area contributed by atoms with E-state index in [1.54, 1.807) is 0 Å². The van der Waals surface area contributed by atoms with E-state index in [9.17, 15) is 5.11 Å². The lowest BCUT2D eigenvalue weighted by Gasteiger charge is -2.37. The van der Waals surface area contributed by atoms with Crippen LogP contribution in [0.25, 0.3) is 10.9 Å². The summed E-state index contributed by atoms with van der Waals surface area (Å²) in [5.74, 6) is 0. The van der Waals surface area contributed by atoms with E-state index in [1.807, 2.05) is 30.7 Å². The van der Waals surface area contributed by atoms with Crippen LogP contribution >= 0.6 is 12.2 Å². The van der Waals surface area contributed by atoms with Crippen LogP contribution in [0.3, 0.4) is 0 Å². The van der Waals surface area contributed by atoms with Crippen molar-refractivity contribution in [3.8, 4) is 0 Å². The first-order valence-electron chi connectivity index (χ1n) is 14.3. The minimum absolute atomic E-state index is 0.0299. The molecule has 0 bridgehead atoms. The molecule has 0 fully saturated rings. The van der Waals surface area contributed by atoms with Gasteiger partial charge in [-0.1, -0.05) is 109 Å². The molecule has 0 aliphatic carbocycles. The van der Waals surface area contributed by atoms with Crippen molar-refractivity contribution < 1.29 is 5.11 Å². The Kier molecular flexibility index (Phi) is 8.26. The first kappa shape index (κ1) is 27.6. The molecule has 0 radical (unpaired) electrons. The number of hydrogen-bond donors (Lipinski definition) is 3. The van der Waals surface area contributed by atoms with Crippen LogP contribution in [0.5, 0.6) is 0 Å². The number of hydrogen-bond acceptors (Lipinski definition) is 3. The van der Waals surface area contributed by atoms with Crippen LogP contribution in [0.15, 0.2) is 128 Å². The lowest BCUT2D eigenvalue weighted by Crippen LogP contribution is -2.36. The van der Waals surface area contributed by atoms with Crippen molar-refractivity contribution in [1.82, 2.24) is 19.9 Å². The van der Waals surface area contributed by atoms with Gasteiger partial charge in [-0.3, -0.25) is 0 Å². The van der Waals surface area contributed by atoms with E-state index in [2.05, 4.69) is 112 Å². The van der Waals surface area contributed by atoms with Gasteiger partial charge in [0.1, 0.15) is 5.54 Å². The van der Waals surface area contributed by atoms with Crippen molar-refractivity contribution in [2.45, 2.75) is 31.4 Å². The van der Waals surface area contributed by atoms with Gasteiger partial charge in [-0.05, 0) is 52.8 Å². The fourth-order valence-corrected chi connectivity index (χ4v) is 6.12. The number of H-pyrrole nitrogens is 1. The number of aliphatic hydroxyl groups is 1. The maximum absolute atomic E-state index is 9.51. The fraction of sp³-hybridized carbons (Fsp3) is 0.167. The summed E-state index contributed by atoms with van der Waals surface area (Å²) in [5.41, 5.74) is 7.13. The predicted octanol–water partition coefficient (Wildman–Crippen LogP) is 6.79. The number of nitrogens with zero attached hydrogens (tertiary/aromatic N) is 2. The Bertz CT molecular complexity index is 1660.